The average Bonchev–Trinajstić information content (AvgIpc) is 2.69. The summed E-state index contributed by atoms with van der Waals surface area (Å²) in [6.45, 7) is 4.47. The van der Waals surface area contributed by atoms with Crippen LogP contribution in [0.25, 0.3) is 0 Å². The number of esters is 1. The minimum absolute atomic E-state index is 0.267. The lowest BCUT2D eigenvalue weighted by Crippen LogP contribution is -2.21. The van der Waals surface area contributed by atoms with E-state index in [2.05, 4.69) is 17.2 Å². The second-order valence-corrected chi connectivity index (χ2v) is 6.22. The highest BCUT2D eigenvalue weighted by Crippen LogP contribution is 2.29. The monoisotopic (exact) mass is 406 g/mol. The van der Waals surface area contributed by atoms with Gasteiger partial charge in [0, 0.05) is 6.20 Å². The van der Waals surface area contributed by atoms with Gasteiger partial charge in [-0.05, 0) is 43.7 Å². The van der Waals surface area contributed by atoms with Crippen LogP contribution in [0.1, 0.15) is 37.0 Å². The number of nitrogens with zero attached hydrogens (tertiary/aromatic N) is 1. The minimum atomic E-state index is -0.639. The van der Waals surface area contributed by atoms with Gasteiger partial charge < -0.3 is 19.5 Å². The number of carbonyl (C=O) groups excluding carboxylic acids is 2. The lowest BCUT2D eigenvalue weighted by Gasteiger charge is -2.13. The lowest BCUT2D eigenvalue weighted by molar-refractivity contribution is -0.119. The molecule has 0 atom stereocenters. The van der Waals surface area contributed by atoms with Crippen LogP contribution in [0.15, 0.2) is 36.5 Å². The van der Waals surface area contributed by atoms with Crippen molar-refractivity contribution < 1.29 is 23.8 Å². The summed E-state index contributed by atoms with van der Waals surface area (Å²) in [5.74, 6) is 0.201. The Morgan fingerprint density at radius 3 is 2.61 bits per heavy atom. The van der Waals surface area contributed by atoms with Gasteiger partial charge in [0.15, 0.2) is 18.1 Å². The number of unbranched alkanes of at least 4 members (excludes halogenated alkanes) is 1. The molecule has 0 aliphatic rings. The molecule has 0 bridgehead atoms. The predicted molar refractivity (Wildman–Crippen MR) is 106 cm³/mol. The maximum atomic E-state index is 12.2. The second-order valence-electron chi connectivity index (χ2n) is 5.78. The number of anilines is 1. The average molecular weight is 407 g/mol. The molecule has 0 aliphatic heterocycles. The number of ether oxygens (including phenoxy) is 3. The van der Waals surface area contributed by atoms with Crippen molar-refractivity contribution in [1.29, 1.82) is 0 Å². The van der Waals surface area contributed by atoms with Crippen LogP contribution < -0.4 is 14.8 Å². The van der Waals surface area contributed by atoms with E-state index >= 15 is 0 Å². The van der Waals surface area contributed by atoms with Gasteiger partial charge in [0.05, 0.1) is 23.8 Å². The molecular formula is C20H23ClN2O5. The molecule has 150 valence electrons. The molecule has 0 radical (unpaired) electrons. The third-order valence-corrected chi connectivity index (χ3v) is 3.79. The van der Waals surface area contributed by atoms with Gasteiger partial charge in [-0.1, -0.05) is 24.9 Å². The van der Waals surface area contributed by atoms with E-state index in [1.807, 2.05) is 6.92 Å². The Morgan fingerprint density at radius 2 is 1.93 bits per heavy atom. The zero-order valence-electron chi connectivity index (χ0n) is 15.9. The second kappa shape index (κ2) is 11.1. The summed E-state index contributed by atoms with van der Waals surface area (Å²) in [6, 6.07) is 7.93. The quantitative estimate of drug-likeness (QED) is 0.472. The Bertz CT molecular complexity index is 796. The molecule has 0 saturated heterocycles. The zero-order chi connectivity index (χ0) is 20.4. The van der Waals surface area contributed by atoms with Crippen LogP contribution in [0.2, 0.25) is 5.02 Å². The molecule has 7 nitrogen and oxygen atoms in total. The predicted octanol–water partition coefficient (Wildman–Crippen LogP) is 4.11. The van der Waals surface area contributed by atoms with E-state index in [1.165, 1.54) is 6.20 Å². The van der Waals surface area contributed by atoms with E-state index in [0.29, 0.717) is 35.6 Å². The number of hydrogen-bond donors (Lipinski definition) is 1. The number of aromatic nitrogens is 1. The summed E-state index contributed by atoms with van der Waals surface area (Å²) in [4.78, 5) is 28.1. The molecule has 8 heteroatoms. The standard InChI is InChI=1S/C20H23ClN2O5/c1-3-5-10-27-16-8-6-14(11-17(16)26-4-2)20(25)28-13-19(24)23-18-9-7-15(21)12-22-18/h6-9,11-12H,3-5,10,13H2,1-2H3,(H,22,23,24). The third kappa shape index (κ3) is 6.74. The molecule has 1 amide bonds. The number of benzene rings is 1. The number of hydrogen-bond acceptors (Lipinski definition) is 6. The SMILES string of the molecule is CCCCOc1ccc(C(=O)OCC(=O)Nc2ccc(Cl)cn2)cc1OCC. The highest BCUT2D eigenvalue weighted by atomic mass is 35.5. The summed E-state index contributed by atoms with van der Waals surface area (Å²) >= 11 is 5.74. The number of halogens is 1. The molecule has 0 unspecified atom stereocenters. The number of pyridine rings is 1. The summed E-state index contributed by atoms with van der Waals surface area (Å²) in [5.41, 5.74) is 0.267. The molecule has 2 rings (SSSR count). The van der Waals surface area contributed by atoms with Crippen LogP contribution in [0.4, 0.5) is 5.82 Å². The Kier molecular flexibility index (Phi) is 8.55. The lowest BCUT2D eigenvalue weighted by atomic mass is 10.2. The molecule has 28 heavy (non-hydrogen) atoms. The Hall–Kier alpha value is -2.80. The van der Waals surface area contributed by atoms with Gasteiger partial charge in [-0.2, -0.15) is 0 Å². The first-order chi connectivity index (χ1) is 13.5. The van der Waals surface area contributed by atoms with Crippen molar-refractivity contribution in [3.8, 4) is 11.5 Å². The molecule has 1 heterocycles. The van der Waals surface area contributed by atoms with Crippen LogP contribution in [0.3, 0.4) is 0 Å². The highest BCUT2D eigenvalue weighted by Gasteiger charge is 2.14. The van der Waals surface area contributed by atoms with Crippen LogP contribution in [-0.2, 0) is 9.53 Å². The summed E-state index contributed by atoms with van der Waals surface area (Å²) < 4.78 is 16.3. The molecule has 1 N–H and O–H groups in total. The van der Waals surface area contributed by atoms with E-state index in [1.54, 1.807) is 30.3 Å². The maximum Gasteiger partial charge on any atom is 0.338 e. The first-order valence-electron chi connectivity index (χ1n) is 9.01. The summed E-state index contributed by atoms with van der Waals surface area (Å²) in [5, 5.41) is 2.97. The van der Waals surface area contributed by atoms with Gasteiger partial charge in [0.25, 0.3) is 5.91 Å². The van der Waals surface area contributed by atoms with Crippen LogP contribution in [-0.4, -0.2) is 36.7 Å². The minimum Gasteiger partial charge on any atom is -0.490 e. The normalized spacial score (nSPS) is 10.2. The molecule has 1 aromatic heterocycles. The fourth-order valence-corrected chi connectivity index (χ4v) is 2.30. The molecule has 0 spiro atoms. The number of carbonyl (C=O) groups is 2. The Balaban J connectivity index is 1.94. The molecule has 0 saturated carbocycles. The number of amides is 1. The first-order valence-corrected chi connectivity index (χ1v) is 9.39. The van der Waals surface area contributed by atoms with Gasteiger partial charge in [0.1, 0.15) is 5.82 Å². The van der Waals surface area contributed by atoms with Crippen molar-refractivity contribution in [2.45, 2.75) is 26.7 Å². The Morgan fingerprint density at radius 1 is 1.11 bits per heavy atom. The number of rotatable bonds is 10. The fraction of sp³-hybridized carbons (Fsp3) is 0.350. The topological polar surface area (TPSA) is 86.8 Å². The van der Waals surface area contributed by atoms with Crippen molar-refractivity contribution in [2.24, 2.45) is 0 Å². The van der Waals surface area contributed by atoms with Gasteiger partial charge in [-0.3, -0.25) is 4.79 Å². The molecule has 1 aromatic carbocycles. The van der Waals surface area contributed by atoms with E-state index in [4.69, 9.17) is 25.8 Å². The molecule has 0 fully saturated rings. The van der Waals surface area contributed by atoms with Crippen molar-refractivity contribution in [3.63, 3.8) is 0 Å². The Labute approximate surface area is 169 Å². The maximum absolute atomic E-state index is 12.2. The van der Waals surface area contributed by atoms with Crippen molar-refractivity contribution in [1.82, 2.24) is 4.98 Å². The molecular weight excluding hydrogens is 384 g/mol. The smallest absolute Gasteiger partial charge is 0.338 e. The van der Waals surface area contributed by atoms with E-state index in [-0.39, 0.29) is 5.56 Å². The van der Waals surface area contributed by atoms with Gasteiger partial charge in [0.2, 0.25) is 0 Å². The van der Waals surface area contributed by atoms with E-state index in [9.17, 15) is 9.59 Å². The van der Waals surface area contributed by atoms with Crippen molar-refractivity contribution in [2.75, 3.05) is 25.1 Å². The van der Waals surface area contributed by atoms with Crippen LogP contribution >= 0.6 is 11.6 Å². The van der Waals surface area contributed by atoms with E-state index < -0.39 is 18.5 Å². The largest absolute Gasteiger partial charge is 0.490 e. The number of nitrogens with one attached hydrogen (secondary N) is 1. The third-order valence-electron chi connectivity index (χ3n) is 3.56. The molecule has 0 aliphatic carbocycles. The fourth-order valence-electron chi connectivity index (χ4n) is 2.19. The van der Waals surface area contributed by atoms with Gasteiger partial charge in [-0.15, -0.1) is 0 Å². The summed E-state index contributed by atoms with van der Waals surface area (Å²) in [7, 11) is 0. The van der Waals surface area contributed by atoms with Crippen molar-refractivity contribution in [3.05, 3.63) is 47.1 Å². The first kappa shape index (κ1) is 21.5. The summed E-state index contributed by atoms with van der Waals surface area (Å²) in [6.07, 6.45) is 3.34. The van der Waals surface area contributed by atoms with Gasteiger partial charge in [-0.25, -0.2) is 9.78 Å². The van der Waals surface area contributed by atoms with Crippen LogP contribution in [0.5, 0.6) is 11.5 Å². The highest BCUT2D eigenvalue weighted by molar-refractivity contribution is 6.30. The van der Waals surface area contributed by atoms with Crippen molar-refractivity contribution >= 4 is 29.3 Å². The van der Waals surface area contributed by atoms with E-state index in [0.717, 1.165) is 12.8 Å². The molecule has 2 aromatic rings. The zero-order valence-corrected chi connectivity index (χ0v) is 16.6. The van der Waals surface area contributed by atoms with Gasteiger partial charge >= 0.3 is 5.97 Å². The van der Waals surface area contributed by atoms with Crippen LogP contribution in [0, 0.1) is 0 Å².